The molecule has 3 rings (SSSR count). The molecule has 3 heterocycles. The van der Waals surface area contributed by atoms with Crippen molar-refractivity contribution in [2.24, 2.45) is 5.92 Å². The SMILES string of the molecule is Cc1cccc(CNC(=O)C2CCN(c3cnccn3)CC2)n1. The number of anilines is 1. The molecule has 0 radical (unpaired) electrons. The number of carbonyl (C=O) groups is 1. The summed E-state index contributed by atoms with van der Waals surface area (Å²) in [5, 5.41) is 3.00. The molecule has 0 spiro atoms. The monoisotopic (exact) mass is 311 g/mol. The Morgan fingerprint density at radius 1 is 1.30 bits per heavy atom. The quantitative estimate of drug-likeness (QED) is 0.931. The molecule has 23 heavy (non-hydrogen) atoms. The van der Waals surface area contributed by atoms with E-state index in [1.165, 1.54) is 0 Å². The van der Waals surface area contributed by atoms with E-state index in [0.717, 1.165) is 43.1 Å². The van der Waals surface area contributed by atoms with E-state index in [9.17, 15) is 4.79 Å². The fourth-order valence-corrected chi connectivity index (χ4v) is 2.85. The van der Waals surface area contributed by atoms with Crippen LogP contribution in [0.1, 0.15) is 24.2 Å². The number of rotatable bonds is 4. The van der Waals surface area contributed by atoms with Crippen molar-refractivity contribution >= 4 is 11.7 Å². The van der Waals surface area contributed by atoms with Crippen molar-refractivity contribution in [3.05, 3.63) is 48.2 Å². The van der Waals surface area contributed by atoms with Crippen LogP contribution in [0.3, 0.4) is 0 Å². The van der Waals surface area contributed by atoms with Crippen molar-refractivity contribution in [2.75, 3.05) is 18.0 Å². The molecule has 0 unspecified atom stereocenters. The Bertz CT molecular complexity index is 653. The van der Waals surface area contributed by atoms with Crippen molar-refractivity contribution < 1.29 is 4.79 Å². The van der Waals surface area contributed by atoms with Gasteiger partial charge in [-0.1, -0.05) is 6.07 Å². The molecule has 2 aromatic rings. The van der Waals surface area contributed by atoms with Crippen LogP contribution in [0.4, 0.5) is 5.82 Å². The Morgan fingerprint density at radius 2 is 2.13 bits per heavy atom. The van der Waals surface area contributed by atoms with Gasteiger partial charge in [0.25, 0.3) is 0 Å². The smallest absolute Gasteiger partial charge is 0.223 e. The predicted octanol–water partition coefficient (Wildman–Crippen LogP) is 1.71. The second kappa shape index (κ2) is 7.17. The summed E-state index contributed by atoms with van der Waals surface area (Å²) >= 11 is 0. The summed E-state index contributed by atoms with van der Waals surface area (Å²) in [6.07, 6.45) is 6.81. The fourth-order valence-electron chi connectivity index (χ4n) is 2.85. The number of hydrogen-bond donors (Lipinski definition) is 1. The number of piperidine rings is 1. The third-order valence-electron chi connectivity index (χ3n) is 4.13. The van der Waals surface area contributed by atoms with Crippen molar-refractivity contribution in [3.63, 3.8) is 0 Å². The first-order chi connectivity index (χ1) is 11.2. The Hall–Kier alpha value is -2.50. The standard InChI is InChI=1S/C17H21N5O/c1-13-3-2-4-15(21-13)11-20-17(23)14-5-9-22(10-6-14)16-12-18-7-8-19-16/h2-4,7-8,12,14H,5-6,9-11H2,1H3,(H,20,23). The van der Waals surface area contributed by atoms with Crippen LogP contribution in [-0.4, -0.2) is 33.9 Å². The predicted molar refractivity (Wildman–Crippen MR) is 87.8 cm³/mol. The summed E-state index contributed by atoms with van der Waals surface area (Å²) in [5.41, 5.74) is 1.87. The second-order valence-corrected chi connectivity index (χ2v) is 5.81. The number of carbonyl (C=O) groups excluding carboxylic acids is 1. The first-order valence-electron chi connectivity index (χ1n) is 7.93. The molecule has 2 aromatic heterocycles. The van der Waals surface area contributed by atoms with Gasteiger partial charge in [0.05, 0.1) is 18.4 Å². The molecule has 0 atom stereocenters. The van der Waals surface area contributed by atoms with Crippen LogP contribution < -0.4 is 10.2 Å². The molecule has 0 aromatic carbocycles. The lowest BCUT2D eigenvalue weighted by Crippen LogP contribution is -2.40. The molecule has 1 fully saturated rings. The van der Waals surface area contributed by atoms with Gasteiger partial charge in [0.15, 0.2) is 0 Å². The zero-order valence-corrected chi connectivity index (χ0v) is 13.3. The fraction of sp³-hybridized carbons (Fsp3) is 0.412. The lowest BCUT2D eigenvalue weighted by Gasteiger charge is -2.31. The van der Waals surface area contributed by atoms with Gasteiger partial charge in [-0.15, -0.1) is 0 Å². The van der Waals surface area contributed by atoms with E-state index in [1.54, 1.807) is 18.6 Å². The van der Waals surface area contributed by atoms with Gasteiger partial charge in [0.1, 0.15) is 5.82 Å². The first kappa shape index (κ1) is 15.4. The molecule has 120 valence electrons. The molecule has 0 aliphatic carbocycles. The van der Waals surface area contributed by atoms with E-state index in [-0.39, 0.29) is 11.8 Å². The lowest BCUT2D eigenvalue weighted by molar-refractivity contribution is -0.125. The van der Waals surface area contributed by atoms with E-state index >= 15 is 0 Å². The van der Waals surface area contributed by atoms with Gasteiger partial charge in [-0.3, -0.25) is 14.8 Å². The van der Waals surface area contributed by atoms with E-state index in [1.807, 2.05) is 25.1 Å². The molecule has 1 aliphatic rings. The average Bonchev–Trinajstić information content (AvgIpc) is 2.61. The van der Waals surface area contributed by atoms with Crippen LogP contribution in [-0.2, 0) is 11.3 Å². The minimum absolute atomic E-state index is 0.0627. The number of nitrogens with zero attached hydrogens (tertiary/aromatic N) is 4. The highest BCUT2D eigenvalue weighted by Crippen LogP contribution is 2.21. The molecular weight excluding hydrogens is 290 g/mol. The van der Waals surface area contributed by atoms with Gasteiger partial charge in [-0.25, -0.2) is 4.98 Å². The van der Waals surface area contributed by atoms with Crippen LogP contribution in [0.15, 0.2) is 36.8 Å². The van der Waals surface area contributed by atoms with Crippen molar-refractivity contribution in [2.45, 2.75) is 26.3 Å². The normalized spacial score (nSPS) is 15.4. The Kier molecular flexibility index (Phi) is 4.80. The number of aryl methyl sites for hydroxylation is 1. The number of amides is 1. The van der Waals surface area contributed by atoms with E-state index in [0.29, 0.717) is 6.54 Å². The summed E-state index contributed by atoms with van der Waals surface area (Å²) in [6.45, 7) is 4.11. The third-order valence-corrected chi connectivity index (χ3v) is 4.13. The number of hydrogen-bond acceptors (Lipinski definition) is 5. The van der Waals surface area contributed by atoms with Crippen molar-refractivity contribution in [1.29, 1.82) is 0 Å². The molecule has 1 N–H and O–H groups in total. The maximum atomic E-state index is 12.3. The molecule has 6 nitrogen and oxygen atoms in total. The largest absolute Gasteiger partial charge is 0.355 e. The highest BCUT2D eigenvalue weighted by Gasteiger charge is 2.25. The molecule has 0 saturated carbocycles. The molecule has 0 bridgehead atoms. The topological polar surface area (TPSA) is 71.0 Å². The molecule has 1 amide bonds. The van der Waals surface area contributed by atoms with Crippen LogP contribution in [0.25, 0.3) is 0 Å². The van der Waals surface area contributed by atoms with E-state index < -0.39 is 0 Å². The summed E-state index contributed by atoms with van der Waals surface area (Å²) in [4.78, 5) is 27.3. The minimum atomic E-state index is 0.0627. The zero-order chi connectivity index (χ0) is 16.1. The Balaban J connectivity index is 1.48. The van der Waals surface area contributed by atoms with Crippen LogP contribution in [0.2, 0.25) is 0 Å². The summed E-state index contributed by atoms with van der Waals surface area (Å²) < 4.78 is 0. The average molecular weight is 311 g/mol. The highest BCUT2D eigenvalue weighted by atomic mass is 16.1. The van der Waals surface area contributed by atoms with Crippen molar-refractivity contribution in [1.82, 2.24) is 20.3 Å². The van der Waals surface area contributed by atoms with Crippen LogP contribution in [0, 0.1) is 12.8 Å². The summed E-state index contributed by atoms with van der Waals surface area (Å²) in [6, 6.07) is 5.85. The Morgan fingerprint density at radius 3 is 2.83 bits per heavy atom. The molecule has 6 heteroatoms. The van der Waals surface area contributed by atoms with Crippen LogP contribution >= 0.6 is 0 Å². The van der Waals surface area contributed by atoms with Gasteiger partial charge in [-0.2, -0.15) is 0 Å². The van der Waals surface area contributed by atoms with Gasteiger partial charge in [-0.05, 0) is 31.9 Å². The Labute approximate surface area is 136 Å². The van der Waals surface area contributed by atoms with E-state index in [2.05, 4.69) is 25.2 Å². The summed E-state index contributed by atoms with van der Waals surface area (Å²) in [5.74, 6) is 1.06. The van der Waals surface area contributed by atoms with Gasteiger partial charge >= 0.3 is 0 Å². The van der Waals surface area contributed by atoms with Crippen LogP contribution in [0.5, 0.6) is 0 Å². The van der Waals surface area contributed by atoms with Crippen molar-refractivity contribution in [3.8, 4) is 0 Å². The zero-order valence-electron chi connectivity index (χ0n) is 13.3. The number of aromatic nitrogens is 3. The second-order valence-electron chi connectivity index (χ2n) is 5.81. The van der Waals surface area contributed by atoms with Gasteiger partial charge in [0, 0.05) is 37.1 Å². The lowest BCUT2D eigenvalue weighted by atomic mass is 9.96. The molecular formula is C17H21N5O. The highest BCUT2D eigenvalue weighted by molar-refractivity contribution is 5.78. The first-order valence-corrected chi connectivity index (χ1v) is 7.93. The maximum absolute atomic E-state index is 12.3. The van der Waals surface area contributed by atoms with Gasteiger partial charge in [0.2, 0.25) is 5.91 Å². The minimum Gasteiger partial charge on any atom is -0.355 e. The summed E-state index contributed by atoms with van der Waals surface area (Å²) in [7, 11) is 0. The molecule has 1 saturated heterocycles. The van der Waals surface area contributed by atoms with E-state index in [4.69, 9.17) is 0 Å². The third kappa shape index (κ3) is 4.03. The van der Waals surface area contributed by atoms with Gasteiger partial charge < -0.3 is 10.2 Å². The molecule has 1 aliphatic heterocycles. The maximum Gasteiger partial charge on any atom is 0.223 e. The number of nitrogens with one attached hydrogen (secondary N) is 1. The number of pyridine rings is 1.